The van der Waals surface area contributed by atoms with Crippen LogP contribution in [0.4, 0.5) is 4.70 Å². The third-order valence-corrected chi connectivity index (χ3v) is 3.19. The van der Waals surface area contributed by atoms with E-state index in [-0.39, 0.29) is 15.5 Å². The molecule has 2 N–H and O–H groups in total. The van der Waals surface area contributed by atoms with Crippen molar-refractivity contribution in [3.63, 3.8) is 0 Å². The molecule has 1 rings (SSSR count). The van der Waals surface area contributed by atoms with Crippen LogP contribution in [0.25, 0.3) is 0 Å². The molecule has 0 aliphatic carbocycles. The molecule has 0 bridgehead atoms. The van der Waals surface area contributed by atoms with E-state index in [9.17, 15) is 0 Å². The molecule has 0 amide bonds. The van der Waals surface area contributed by atoms with Gasteiger partial charge >= 0.3 is 8.60 Å². The van der Waals surface area contributed by atoms with Gasteiger partial charge in [0.05, 0.1) is 0 Å². The first-order chi connectivity index (χ1) is 8.01. The van der Waals surface area contributed by atoms with Gasteiger partial charge in [-0.3, -0.25) is 4.70 Å². The minimum absolute atomic E-state index is 0. The molecular formula is C14H24FO3P. The van der Waals surface area contributed by atoms with Crippen LogP contribution in [0.2, 0.25) is 0 Å². The van der Waals surface area contributed by atoms with Crippen LogP contribution in [0, 0.1) is 0 Å². The van der Waals surface area contributed by atoms with Crippen molar-refractivity contribution in [2.45, 2.75) is 52.4 Å². The van der Waals surface area contributed by atoms with Gasteiger partial charge in [0.15, 0.2) is 0 Å². The van der Waals surface area contributed by atoms with Gasteiger partial charge in [0.25, 0.3) is 0 Å². The van der Waals surface area contributed by atoms with E-state index < -0.39 is 8.60 Å². The fourth-order valence-electron chi connectivity index (χ4n) is 1.75. The predicted octanol–water partition coefficient (Wildman–Crippen LogP) is 4.02. The molecule has 0 unspecified atom stereocenters. The minimum Gasteiger partial charge on any atom is -0.427 e. The van der Waals surface area contributed by atoms with E-state index >= 15 is 0 Å². The molecule has 0 spiro atoms. The molecule has 0 aromatic heterocycles. The normalized spacial score (nSPS) is 12.3. The maximum atomic E-state index is 9.02. The predicted molar refractivity (Wildman–Crippen MR) is 78.3 cm³/mol. The number of benzene rings is 1. The second kappa shape index (κ2) is 6.17. The Bertz CT molecular complexity index is 420. The SMILES string of the molecule is CC(C)(C)c1ccc(OP(O)O)c(C(C)(C)C)c1.F. The Morgan fingerprint density at radius 2 is 1.47 bits per heavy atom. The number of hydrogen-bond acceptors (Lipinski definition) is 3. The van der Waals surface area contributed by atoms with E-state index in [0.29, 0.717) is 5.75 Å². The molecule has 0 aliphatic heterocycles. The van der Waals surface area contributed by atoms with E-state index in [1.54, 1.807) is 0 Å². The molecular weight excluding hydrogens is 266 g/mol. The number of halogens is 1. The Kier molecular flexibility index (Phi) is 5.94. The molecule has 0 aliphatic rings. The van der Waals surface area contributed by atoms with Crippen LogP contribution in [0.15, 0.2) is 18.2 Å². The summed E-state index contributed by atoms with van der Waals surface area (Å²) in [6.07, 6.45) is 0. The van der Waals surface area contributed by atoms with Gasteiger partial charge in [0.1, 0.15) is 5.75 Å². The number of hydrogen-bond donors (Lipinski definition) is 2. The second-order valence-electron chi connectivity index (χ2n) is 6.55. The van der Waals surface area contributed by atoms with Crippen LogP contribution in [0.3, 0.4) is 0 Å². The molecule has 0 atom stereocenters. The summed E-state index contributed by atoms with van der Waals surface area (Å²) >= 11 is 0. The van der Waals surface area contributed by atoms with E-state index in [0.717, 1.165) is 5.56 Å². The van der Waals surface area contributed by atoms with E-state index in [1.165, 1.54) is 5.56 Å². The first-order valence-electron chi connectivity index (χ1n) is 6.02. The molecule has 0 heterocycles. The summed E-state index contributed by atoms with van der Waals surface area (Å²) in [5.74, 6) is 0.548. The smallest absolute Gasteiger partial charge is 0.391 e. The fraction of sp³-hybridized carbons (Fsp3) is 0.571. The van der Waals surface area contributed by atoms with Gasteiger partial charge < -0.3 is 14.3 Å². The largest absolute Gasteiger partial charge is 0.427 e. The van der Waals surface area contributed by atoms with Gasteiger partial charge in [-0.2, -0.15) is 0 Å². The lowest BCUT2D eigenvalue weighted by atomic mass is 9.80. The Labute approximate surface area is 116 Å². The lowest BCUT2D eigenvalue weighted by molar-refractivity contribution is 0.369. The first-order valence-corrected chi connectivity index (χ1v) is 7.19. The maximum Gasteiger partial charge on any atom is 0.391 e. The summed E-state index contributed by atoms with van der Waals surface area (Å²) in [5, 5.41) is 0. The Morgan fingerprint density at radius 3 is 1.84 bits per heavy atom. The lowest BCUT2D eigenvalue weighted by Crippen LogP contribution is -2.17. The average molecular weight is 290 g/mol. The highest BCUT2D eigenvalue weighted by Crippen LogP contribution is 2.39. The summed E-state index contributed by atoms with van der Waals surface area (Å²) in [6.45, 7) is 12.7. The summed E-state index contributed by atoms with van der Waals surface area (Å²) in [6, 6.07) is 5.89. The highest BCUT2D eigenvalue weighted by Gasteiger charge is 2.24. The molecule has 0 saturated carbocycles. The Morgan fingerprint density at radius 1 is 0.947 bits per heavy atom. The van der Waals surface area contributed by atoms with Crippen molar-refractivity contribution in [1.82, 2.24) is 0 Å². The number of rotatable bonds is 2. The van der Waals surface area contributed by atoms with Crippen molar-refractivity contribution < 1.29 is 19.0 Å². The topological polar surface area (TPSA) is 49.7 Å². The van der Waals surface area contributed by atoms with Crippen LogP contribution in [-0.4, -0.2) is 9.79 Å². The van der Waals surface area contributed by atoms with Gasteiger partial charge in [-0.1, -0.05) is 53.7 Å². The summed E-state index contributed by atoms with van der Waals surface area (Å²) in [7, 11) is -2.38. The van der Waals surface area contributed by atoms with E-state index in [4.69, 9.17) is 14.3 Å². The molecule has 0 fully saturated rings. The minimum atomic E-state index is -2.38. The van der Waals surface area contributed by atoms with E-state index in [1.807, 2.05) is 12.1 Å². The highest BCUT2D eigenvalue weighted by molar-refractivity contribution is 7.39. The van der Waals surface area contributed by atoms with Crippen LogP contribution in [0.5, 0.6) is 5.75 Å². The zero-order valence-electron chi connectivity index (χ0n) is 12.4. The summed E-state index contributed by atoms with van der Waals surface area (Å²) < 4.78 is 5.12. The van der Waals surface area contributed by atoms with Crippen molar-refractivity contribution in [3.05, 3.63) is 29.3 Å². The lowest BCUT2D eigenvalue weighted by Gasteiger charge is -2.27. The van der Waals surface area contributed by atoms with E-state index in [2.05, 4.69) is 47.6 Å². The van der Waals surface area contributed by atoms with Crippen molar-refractivity contribution in [2.75, 3.05) is 0 Å². The molecule has 110 valence electrons. The maximum absolute atomic E-state index is 9.02. The summed E-state index contributed by atoms with van der Waals surface area (Å²) in [5.41, 5.74) is 2.15. The first kappa shape index (κ1) is 18.3. The standard InChI is InChI=1S/C14H23O3P.FH/c1-13(2,3)10-7-8-12(17-18(15)16)11(9-10)14(4,5)6;/h7-9,15-16H,1-6H3;1H. The van der Waals surface area contributed by atoms with Gasteiger partial charge in [-0.25, -0.2) is 0 Å². The van der Waals surface area contributed by atoms with Crippen LogP contribution >= 0.6 is 8.60 Å². The second-order valence-corrected chi connectivity index (χ2v) is 7.24. The Balaban J connectivity index is 0.00000324. The van der Waals surface area contributed by atoms with Crippen molar-refractivity contribution in [2.24, 2.45) is 0 Å². The molecule has 5 heteroatoms. The zero-order chi connectivity index (χ0) is 14.1. The molecule has 19 heavy (non-hydrogen) atoms. The molecule has 0 radical (unpaired) electrons. The van der Waals surface area contributed by atoms with Crippen molar-refractivity contribution >= 4 is 8.60 Å². The van der Waals surface area contributed by atoms with Gasteiger partial charge in [0.2, 0.25) is 0 Å². The third kappa shape index (κ3) is 5.06. The van der Waals surface area contributed by atoms with Crippen LogP contribution < -0.4 is 4.52 Å². The molecule has 1 aromatic carbocycles. The Hall–Kier alpha value is -0.700. The highest BCUT2D eigenvalue weighted by atomic mass is 31.2. The van der Waals surface area contributed by atoms with Crippen LogP contribution in [0.1, 0.15) is 52.7 Å². The van der Waals surface area contributed by atoms with Gasteiger partial charge in [0, 0.05) is 5.56 Å². The van der Waals surface area contributed by atoms with Gasteiger partial charge in [-0.05, 0) is 22.5 Å². The zero-order valence-corrected chi connectivity index (χ0v) is 13.3. The quantitative estimate of drug-likeness (QED) is 0.809. The molecule has 1 aromatic rings. The van der Waals surface area contributed by atoms with Crippen LogP contribution in [-0.2, 0) is 10.8 Å². The van der Waals surface area contributed by atoms with Gasteiger partial charge in [-0.15, -0.1) is 0 Å². The molecule has 3 nitrogen and oxygen atoms in total. The average Bonchev–Trinajstić information content (AvgIpc) is 2.13. The molecule has 0 saturated heterocycles. The summed E-state index contributed by atoms with van der Waals surface area (Å²) in [4.78, 5) is 18.0. The monoisotopic (exact) mass is 290 g/mol. The fourth-order valence-corrected chi connectivity index (χ4v) is 2.09. The van der Waals surface area contributed by atoms with Crippen molar-refractivity contribution in [3.8, 4) is 5.75 Å². The third-order valence-electron chi connectivity index (χ3n) is 2.83. The van der Waals surface area contributed by atoms with Crippen molar-refractivity contribution in [1.29, 1.82) is 0 Å².